The molecule has 0 rings (SSSR count). The molecule has 0 aliphatic rings. The van der Waals surface area contributed by atoms with Crippen LogP contribution in [0.5, 0.6) is 0 Å². The van der Waals surface area contributed by atoms with Crippen molar-refractivity contribution < 1.29 is 75.8 Å². The maximum atomic E-state index is 13.0. The Kier molecular flexibility index (Phi) is 85.3. The number of ether oxygens (including phenoxy) is 3. The molecule has 0 aromatic rings. The Labute approximate surface area is 712 Å². The number of allylic oxidation sites excluding steroid dienone is 32. The summed E-state index contributed by atoms with van der Waals surface area (Å²) in [6.07, 6.45) is 119. The Morgan fingerprint density at radius 3 is 0.718 bits per heavy atom. The van der Waals surface area contributed by atoms with Gasteiger partial charge in [0.2, 0.25) is 0 Å². The molecule has 666 valence electrons. The van der Waals surface area contributed by atoms with Gasteiger partial charge in [-0.3, -0.25) is 32.5 Å². The zero-order chi connectivity index (χ0) is 85.1. The van der Waals surface area contributed by atoms with E-state index in [0.717, 1.165) is 167 Å². The molecular weight excluding hydrogens is 1510 g/mol. The lowest BCUT2D eigenvalue weighted by Crippen LogP contribution is -2.30. The molecular formula is C99H164O16P2. The average Bonchev–Trinajstić information content (AvgIpc) is 0.899. The van der Waals surface area contributed by atoms with E-state index in [2.05, 4.69) is 215 Å². The van der Waals surface area contributed by atoms with Crippen LogP contribution in [0.2, 0.25) is 0 Å². The van der Waals surface area contributed by atoms with Gasteiger partial charge in [0, 0.05) is 19.3 Å². The SMILES string of the molecule is CC/C=C\C/C=C\C/C=C\C/C=C\C/C=C\C/C=C\CCCCCCC(=O)OCC(COP(=O)(O)OCC(O)COP(=O)(O)OCC(O)COC(=O)CCCCCCCCCCCCCCCCCCCCC/C=C\C/C=C\C/C=C\C/C=C\CCCCC)OC(=O)CCCCCC/C=C\C/C=C\C/C=C\C/C=C\C/C=C\C/C=C\CC. The van der Waals surface area contributed by atoms with Crippen molar-refractivity contribution in [2.24, 2.45) is 0 Å². The topological polar surface area (TPSA) is 231 Å². The third-order valence-electron chi connectivity index (χ3n) is 18.8. The second kappa shape index (κ2) is 89.6. The predicted octanol–water partition coefficient (Wildman–Crippen LogP) is 28.2. The number of carbonyl (C=O) groups is 3. The van der Waals surface area contributed by atoms with Gasteiger partial charge in [0.15, 0.2) is 6.10 Å². The Balaban J connectivity index is 4.59. The number of hydrogen-bond donors (Lipinski definition) is 4. The van der Waals surface area contributed by atoms with Crippen LogP contribution in [-0.2, 0) is 55.8 Å². The number of aliphatic hydroxyl groups excluding tert-OH is 2. The number of hydrogen-bond acceptors (Lipinski definition) is 14. The highest BCUT2D eigenvalue weighted by atomic mass is 31.2. The number of phosphoric ester groups is 2. The fourth-order valence-electron chi connectivity index (χ4n) is 11.9. The van der Waals surface area contributed by atoms with Gasteiger partial charge in [0.1, 0.15) is 25.4 Å². The summed E-state index contributed by atoms with van der Waals surface area (Å²) in [7, 11) is -9.83. The Hall–Kier alpha value is -5.61. The molecule has 0 aromatic heterocycles. The molecule has 0 saturated carbocycles. The molecule has 5 atom stereocenters. The van der Waals surface area contributed by atoms with Crippen molar-refractivity contribution in [3.05, 3.63) is 194 Å². The highest BCUT2D eigenvalue weighted by Crippen LogP contribution is 2.45. The highest BCUT2D eigenvalue weighted by Gasteiger charge is 2.29. The van der Waals surface area contributed by atoms with Crippen molar-refractivity contribution >= 4 is 33.6 Å². The quantitative estimate of drug-likeness (QED) is 0.0146. The molecule has 0 radical (unpaired) electrons. The minimum atomic E-state index is -4.96. The van der Waals surface area contributed by atoms with Crippen molar-refractivity contribution in [2.75, 3.05) is 39.6 Å². The molecule has 117 heavy (non-hydrogen) atoms. The fourth-order valence-corrected chi connectivity index (χ4v) is 13.5. The van der Waals surface area contributed by atoms with Crippen LogP contribution in [0, 0.1) is 0 Å². The van der Waals surface area contributed by atoms with E-state index >= 15 is 0 Å². The second-order valence-electron chi connectivity index (χ2n) is 30.0. The van der Waals surface area contributed by atoms with E-state index < -0.39 is 91.5 Å². The summed E-state index contributed by atoms with van der Waals surface area (Å²) >= 11 is 0. The van der Waals surface area contributed by atoms with E-state index in [0.29, 0.717) is 19.3 Å². The summed E-state index contributed by atoms with van der Waals surface area (Å²) in [5, 5.41) is 20.7. The first-order valence-corrected chi connectivity index (χ1v) is 48.7. The third-order valence-corrected chi connectivity index (χ3v) is 20.7. The van der Waals surface area contributed by atoms with Crippen LogP contribution in [0.15, 0.2) is 194 Å². The zero-order valence-corrected chi connectivity index (χ0v) is 75.1. The van der Waals surface area contributed by atoms with Crippen molar-refractivity contribution in [1.82, 2.24) is 0 Å². The molecule has 4 N–H and O–H groups in total. The molecule has 5 unspecified atom stereocenters. The Morgan fingerprint density at radius 1 is 0.248 bits per heavy atom. The zero-order valence-electron chi connectivity index (χ0n) is 73.3. The molecule has 0 saturated heterocycles. The first-order chi connectivity index (χ1) is 57.2. The van der Waals surface area contributed by atoms with E-state index in [-0.39, 0.29) is 19.3 Å². The van der Waals surface area contributed by atoms with Crippen LogP contribution in [-0.4, -0.2) is 95.9 Å². The van der Waals surface area contributed by atoms with E-state index in [1.54, 1.807) is 0 Å². The van der Waals surface area contributed by atoms with Crippen LogP contribution < -0.4 is 0 Å². The number of aliphatic hydroxyl groups is 2. The first kappa shape index (κ1) is 111. The van der Waals surface area contributed by atoms with Gasteiger partial charge in [-0.15, -0.1) is 0 Å². The number of rotatable bonds is 85. The lowest BCUT2D eigenvalue weighted by Gasteiger charge is -2.21. The smallest absolute Gasteiger partial charge is 0.463 e. The highest BCUT2D eigenvalue weighted by molar-refractivity contribution is 7.47. The molecule has 16 nitrogen and oxygen atoms in total. The van der Waals surface area contributed by atoms with Gasteiger partial charge in [-0.25, -0.2) is 9.13 Å². The Bertz CT molecular complexity index is 2910. The van der Waals surface area contributed by atoms with E-state index in [4.69, 9.17) is 32.3 Å². The summed E-state index contributed by atoms with van der Waals surface area (Å²) in [5.41, 5.74) is 0. The average molecular weight is 1670 g/mol. The Morgan fingerprint density at radius 2 is 0.453 bits per heavy atom. The maximum Gasteiger partial charge on any atom is 0.472 e. The van der Waals surface area contributed by atoms with Crippen LogP contribution in [0.25, 0.3) is 0 Å². The van der Waals surface area contributed by atoms with Crippen molar-refractivity contribution in [2.45, 2.75) is 373 Å². The third kappa shape index (κ3) is 91.0. The van der Waals surface area contributed by atoms with E-state index in [9.17, 15) is 43.5 Å². The van der Waals surface area contributed by atoms with Gasteiger partial charge in [-0.1, -0.05) is 363 Å². The number of carbonyl (C=O) groups excluding carboxylic acids is 3. The van der Waals surface area contributed by atoms with Crippen molar-refractivity contribution in [3.63, 3.8) is 0 Å². The van der Waals surface area contributed by atoms with Crippen molar-refractivity contribution in [1.29, 1.82) is 0 Å². The summed E-state index contributed by atoms with van der Waals surface area (Å²) in [6, 6.07) is 0. The predicted molar refractivity (Wildman–Crippen MR) is 491 cm³/mol. The maximum absolute atomic E-state index is 13.0. The fraction of sp³-hybridized carbons (Fsp3) is 0.646. The molecule has 0 spiro atoms. The molecule has 0 aliphatic carbocycles. The molecule has 0 fully saturated rings. The summed E-state index contributed by atoms with van der Waals surface area (Å²) in [6.45, 7) is 2.38. The van der Waals surface area contributed by atoms with Gasteiger partial charge in [-0.2, -0.15) is 0 Å². The molecule has 0 bridgehead atoms. The van der Waals surface area contributed by atoms with E-state index in [1.807, 2.05) is 0 Å². The van der Waals surface area contributed by atoms with Crippen LogP contribution >= 0.6 is 15.6 Å². The van der Waals surface area contributed by atoms with Gasteiger partial charge in [-0.05, 0) is 167 Å². The second-order valence-corrected chi connectivity index (χ2v) is 32.9. The van der Waals surface area contributed by atoms with E-state index in [1.165, 1.54) is 128 Å². The minimum absolute atomic E-state index is 0.0607. The standard InChI is InChI=1S/C99H164O16P2/c1-4-7-10-13-16-19-22-25-28-31-34-37-40-41-42-43-44-45-46-47-48-49-50-51-54-56-58-61-64-67-70-73-76-79-82-85-97(102)109-88-94(100)89-111-116(105,106)112-90-95(101)91-113-117(107,108)114-93-96(115-99(104)87-84-81-78-75-72-69-66-63-60-57-53-39-36-33-30-27-24-21-18-15-12-9-6-3)92-110-98(103)86-83-80-77-74-71-68-65-62-59-55-52-38-35-32-29-26-23-20-17-14-11-8-5-2/h8-9,11-12,16-21,25-30,34-39,41-42,55,57,59-60,65-66,68-69,94-96,100-101H,4-7,10,13-15,22-24,31-33,40,43-54,56,58,61-64,67,70-93H2,1-3H3,(H,105,106)(H,107,108)/b11-8-,12-9-,19-16-,20-17-,21-18-,28-25-,29-26-,30-27-,37-34-,38-35-,39-36-,42-41-,59-55-,60-57-,68-65-,69-66-. The molecule has 18 heteroatoms. The number of phosphoric acid groups is 2. The van der Waals surface area contributed by atoms with Gasteiger partial charge < -0.3 is 34.2 Å². The lowest BCUT2D eigenvalue weighted by atomic mass is 10.0. The van der Waals surface area contributed by atoms with Crippen molar-refractivity contribution in [3.8, 4) is 0 Å². The van der Waals surface area contributed by atoms with Gasteiger partial charge >= 0.3 is 33.6 Å². The summed E-state index contributed by atoms with van der Waals surface area (Å²) in [4.78, 5) is 58.9. The molecule has 0 aromatic carbocycles. The van der Waals surface area contributed by atoms with Crippen LogP contribution in [0.3, 0.4) is 0 Å². The van der Waals surface area contributed by atoms with Gasteiger partial charge in [0.25, 0.3) is 0 Å². The molecule has 0 amide bonds. The normalized spacial score (nSPS) is 14.7. The number of unbranched alkanes of at least 4 members (excludes halogenated alkanes) is 30. The largest absolute Gasteiger partial charge is 0.472 e. The summed E-state index contributed by atoms with van der Waals surface area (Å²) in [5.74, 6) is -1.64. The summed E-state index contributed by atoms with van der Waals surface area (Å²) < 4.78 is 61.4. The van der Waals surface area contributed by atoms with Gasteiger partial charge in [0.05, 0.1) is 26.4 Å². The monoisotopic (exact) mass is 1670 g/mol. The minimum Gasteiger partial charge on any atom is -0.463 e. The first-order valence-electron chi connectivity index (χ1n) is 45.7. The molecule has 0 heterocycles. The van der Waals surface area contributed by atoms with Crippen LogP contribution in [0.4, 0.5) is 0 Å². The van der Waals surface area contributed by atoms with Crippen LogP contribution in [0.1, 0.15) is 355 Å². The molecule has 0 aliphatic heterocycles. The lowest BCUT2D eigenvalue weighted by molar-refractivity contribution is -0.161. The number of esters is 3.